The lowest BCUT2D eigenvalue weighted by Gasteiger charge is -2.19. The molecule has 4 aromatic rings. The average molecular weight is 414 g/mol. The van der Waals surface area contributed by atoms with Gasteiger partial charge in [-0.2, -0.15) is 0 Å². The van der Waals surface area contributed by atoms with Crippen LogP contribution in [-0.2, 0) is 6.54 Å². The molecule has 11 heteroatoms. The van der Waals surface area contributed by atoms with Crippen LogP contribution in [-0.4, -0.2) is 41.4 Å². The predicted octanol–water partition coefficient (Wildman–Crippen LogP) is 2.45. The van der Waals surface area contributed by atoms with E-state index < -0.39 is 5.97 Å². The highest BCUT2D eigenvalue weighted by Gasteiger charge is 2.24. The maximum atomic E-state index is 12.7. The summed E-state index contributed by atoms with van der Waals surface area (Å²) in [4.78, 5) is 28.7. The molecular formula is C18H18N6O4S. The standard InChI is InChI=1S/C18H18N6O4S/c1-10(2)15(20-16(25)13-8-23-5-6-29-18(23)19-13)12-9-24(22-21-12)7-11-3-4-14(28-11)17(26)27/h3-6,8-10,15H,7H2,1-2H3,(H,20,25)(H,26,27). The Balaban J connectivity index is 1.49. The lowest BCUT2D eigenvalue weighted by Crippen LogP contribution is -2.32. The summed E-state index contributed by atoms with van der Waals surface area (Å²) in [6.07, 6.45) is 5.24. The van der Waals surface area contributed by atoms with E-state index in [0.717, 1.165) is 4.96 Å². The van der Waals surface area contributed by atoms with Crippen molar-refractivity contribution in [2.75, 3.05) is 0 Å². The molecule has 0 aliphatic carbocycles. The molecule has 29 heavy (non-hydrogen) atoms. The molecule has 0 bridgehead atoms. The highest BCUT2D eigenvalue weighted by atomic mass is 32.1. The number of rotatable bonds is 7. The van der Waals surface area contributed by atoms with Gasteiger partial charge in [-0.3, -0.25) is 9.20 Å². The largest absolute Gasteiger partial charge is 0.475 e. The number of carbonyl (C=O) groups excluding carboxylic acids is 1. The molecule has 0 spiro atoms. The van der Waals surface area contributed by atoms with E-state index in [-0.39, 0.29) is 30.2 Å². The van der Waals surface area contributed by atoms with Crippen LogP contribution >= 0.6 is 11.3 Å². The first-order chi connectivity index (χ1) is 13.9. The van der Waals surface area contributed by atoms with Crippen LogP contribution in [0.4, 0.5) is 0 Å². The molecule has 1 atom stereocenters. The number of carboxylic acid groups (broad SMARTS) is 1. The Kier molecular flexibility index (Phi) is 4.89. The number of imidazole rings is 1. The number of carboxylic acids is 1. The number of hydrogen-bond donors (Lipinski definition) is 2. The van der Waals surface area contributed by atoms with Crippen LogP contribution in [0.1, 0.15) is 52.4 Å². The van der Waals surface area contributed by atoms with Gasteiger partial charge in [0, 0.05) is 17.8 Å². The molecule has 0 fully saturated rings. The fraction of sp³-hybridized carbons (Fsp3) is 0.278. The van der Waals surface area contributed by atoms with E-state index in [1.807, 2.05) is 25.4 Å². The average Bonchev–Trinajstić information content (AvgIpc) is 3.43. The molecule has 4 aromatic heterocycles. The Morgan fingerprint density at radius 3 is 2.83 bits per heavy atom. The Labute approximate surface area is 168 Å². The van der Waals surface area contributed by atoms with Crippen molar-refractivity contribution in [1.82, 2.24) is 29.7 Å². The van der Waals surface area contributed by atoms with E-state index in [4.69, 9.17) is 9.52 Å². The van der Waals surface area contributed by atoms with Crippen molar-refractivity contribution in [3.63, 3.8) is 0 Å². The molecule has 10 nitrogen and oxygen atoms in total. The summed E-state index contributed by atoms with van der Waals surface area (Å²) >= 11 is 1.46. The van der Waals surface area contributed by atoms with Gasteiger partial charge in [-0.1, -0.05) is 19.1 Å². The summed E-state index contributed by atoms with van der Waals surface area (Å²) in [6, 6.07) is 2.61. The number of hydrogen-bond acceptors (Lipinski definition) is 7. The zero-order valence-electron chi connectivity index (χ0n) is 15.6. The SMILES string of the molecule is CC(C)C(NC(=O)c1cn2ccsc2n1)c1cn(Cc2ccc(C(=O)O)o2)nn1. The third-order valence-corrected chi connectivity index (χ3v) is 5.12. The van der Waals surface area contributed by atoms with Gasteiger partial charge >= 0.3 is 5.97 Å². The highest BCUT2D eigenvalue weighted by molar-refractivity contribution is 7.15. The number of nitrogens with one attached hydrogen (secondary N) is 1. The summed E-state index contributed by atoms with van der Waals surface area (Å²) in [5.41, 5.74) is 0.936. The van der Waals surface area contributed by atoms with Crippen LogP contribution in [0.2, 0.25) is 0 Å². The maximum Gasteiger partial charge on any atom is 0.371 e. The molecule has 4 heterocycles. The number of aromatic nitrogens is 5. The highest BCUT2D eigenvalue weighted by Crippen LogP contribution is 2.21. The molecular weight excluding hydrogens is 396 g/mol. The number of thiazole rings is 1. The molecule has 150 valence electrons. The van der Waals surface area contributed by atoms with E-state index in [1.54, 1.807) is 22.9 Å². The van der Waals surface area contributed by atoms with Crippen molar-refractivity contribution in [3.05, 3.63) is 59.0 Å². The van der Waals surface area contributed by atoms with E-state index in [9.17, 15) is 9.59 Å². The van der Waals surface area contributed by atoms with Crippen molar-refractivity contribution in [2.24, 2.45) is 5.92 Å². The van der Waals surface area contributed by atoms with Crippen LogP contribution < -0.4 is 5.32 Å². The number of nitrogens with zero attached hydrogens (tertiary/aromatic N) is 5. The Hall–Kier alpha value is -3.47. The molecule has 0 saturated carbocycles. The Bertz CT molecular complexity index is 1140. The fourth-order valence-corrected chi connectivity index (χ4v) is 3.60. The third-order valence-electron chi connectivity index (χ3n) is 4.34. The van der Waals surface area contributed by atoms with E-state index >= 15 is 0 Å². The molecule has 1 unspecified atom stereocenters. The van der Waals surface area contributed by atoms with Crippen molar-refractivity contribution in [1.29, 1.82) is 0 Å². The number of amides is 1. The molecule has 0 aliphatic heterocycles. The van der Waals surface area contributed by atoms with Crippen LogP contribution in [0.25, 0.3) is 4.96 Å². The monoisotopic (exact) mass is 414 g/mol. The number of carbonyl (C=O) groups is 2. The van der Waals surface area contributed by atoms with E-state index in [0.29, 0.717) is 17.1 Å². The van der Waals surface area contributed by atoms with Crippen LogP contribution in [0.3, 0.4) is 0 Å². The van der Waals surface area contributed by atoms with Crippen molar-refractivity contribution < 1.29 is 19.1 Å². The fourth-order valence-electron chi connectivity index (χ4n) is 2.90. The summed E-state index contributed by atoms with van der Waals surface area (Å²) in [5, 5.41) is 22.0. The number of fused-ring (bicyclic) bond motifs is 1. The van der Waals surface area contributed by atoms with Crippen LogP contribution in [0.15, 0.2) is 40.5 Å². The van der Waals surface area contributed by atoms with E-state index in [1.165, 1.54) is 22.1 Å². The molecule has 1 amide bonds. The molecule has 0 aliphatic rings. The van der Waals surface area contributed by atoms with Crippen LogP contribution in [0.5, 0.6) is 0 Å². The quantitative estimate of drug-likeness (QED) is 0.475. The first kappa shape index (κ1) is 18.9. The minimum Gasteiger partial charge on any atom is -0.475 e. The molecule has 2 N–H and O–H groups in total. The summed E-state index contributed by atoms with van der Waals surface area (Å²) in [6.45, 7) is 4.18. The second-order valence-corrected chi connectivity index (χ2v) is 7.70. The predicted molar refractivity (Wildman–Crippen MR) is 103 cm³/mol. The normalized spacial score (nSPS) is 12.5. The molecule has 0 aromatic carbocycles. The van der Waals surface area contributed by atoms with Gasteiger partial charge < -0.3 is 14.8 Å². The lowest BCUT2D eigenvalue weighted by atomic mass is 10.0. The third kappa shape index (κ3) is 3.90. The Morgan fingerprint density at radius 1 is 1.31 bits per heavy atom. The summed E-state index contributed by atoms with van der Waals surface area (Å²) in [5.74, 6) is -1.03. The minimum absolute atomic E-state index is 0.0649. The first-order valence-corrected chi connectivity index (χ1v) is 9.74. The van der Waals surface area contributed by atoms with Gasteiger partial charge in [0.1, 0.15) is 23.7 Å². The van der Waals surface area contributed by atoms with Gasteiger partial charge in [0.2, 0.25) is 5.76 Å². The smallest absolute Gasteiger partial charge is 0.371 e. The second kappa shape index (κ2) is 7.51. The van der Waals surface area contributed by atoms with Gasteiger partial charge in [0.25, 0.3) is 5.91 Å². The van der Waals surface area contributed by atoms with Crippen molar-refractivity contribution in [2.45, 2.75) is 26.4 Å². The topological polar surface area (TPSA) is 128 Å². The van der Waals surface area contributed by atoms with Gasteiger partial charge in [-0.05, 0) is 18.1 Å². The zero-order chi connectivity index (χ0) is 20.5. The lowest BCUT2D eigenvalue weighted by molar-refractivity contribution is 0.0660. The molecule has 0 radical (unpaired) electrons. The van der Waals surface area contributed by atoms with Crippen LogP contribution in [0, 0.1) is 5.92 Å². The summed E-state index contributed by atoms with van der Waals surface area (Å²) < 4.78 is 8.58. The second-order valence-electron chi connectivity index (χ2n) is 6.83. The molecule has 0 saturated heterocycles. The Morgan fingerprint density at radius 2 is 2.14 bits per heavy atom. The van der Waals surface area contributed by atoms with Gasteiger partial charge in [-0.25, -0.2) is 14.5 Å². The minimum atomic E-state index is -1.13. The van der Waals surface area contributed by atoms with Crippen molar-refractivity contribution in [3.8, 4) is 0 Å². The van der Waals surface area contributed by atoms with Gasteiger partial charge in [0.05, 0.1) is 12.2 Å². The van der Waals surface area contributed by atoms with Gasteiger partial charge in [-0.15, -0.1) is 16.4 Å². The zero-order valence-corrected chi connectivity index (χ0v) is 16.5. The molecule has 4 rings (SSSR count). The van der Waals surface area contributed by atoms with Crippen molar-refractivity contribution >= 4 is 28.2 Å². The number of aromatic carboxylic acids is 1. The van der Waals surface area contributed by atoms with Gasteiger partial charge in [0.15, 0.2) is 4.96 Å². The maximum absolute atomic E-state index is 12.7. The number of furan rings is 1. The summed E-state index contributed by atoms with van der Waals surface area (Å²) in [7, 11) is 0. The first-order valence-electron chi connectivity index (χ1n) is 8.86. The van der Waals surface area contributed by atoms with E-state index in [2.05, 4.69) is 20.6 Å².